The van der Waals surface area contributed by atoms with E-state index in [1.165, 1.54) is 19.1 Å². The van der Waals surface area contributed by atoms with Gasteiger partial charge in [0.2, 0.25) is 0 Å². The molecule has 0 spiro atoms. The lowest BCUT2D eigenvalue weighted by molar-refractivity contribution is -0.142. The van der Waals surface area contributed by atoms with Crippen molar-refractivity contribution in [2.24, 2.45) is 0 Å². The van der Waals surface area contributed by atoms with Gasteiger partial charge in [0, 0.05) is 5.57 Å². The van der Waals surface area contributed by atoms with Crippen LogP contribution in [0.4, 0.5) is 0 Å². The minimum atomic E-state index is -0.938. The Morgan fingerprint density at radius 1 is 0.966 bits per heavy atom. The van der Waals surface area contributed by atoms with Crippen molar-refractivity contribution in [3.05, 3.63) is 90.0 Å². The maximum absolute atomic E-state index is 11.9. The fourth-order valence-corrected chi connectivity index (χ4v) is 2.19. The van der Waals surface area contributed by atoms with Crippen LogP contribution >= 0.6 is 0 Å². The summed E-state index contributed by atoms with van der Waals surface area (Å²) in [6.45, 7) is 4.83. The Morgan fingerprint density at radius 2 is 1.55 bits per heavy atom. The van der Waals surface area contributed by atoms with Gasteiger partial charge in [0.1, 0.15) is 25.1 Å². The Kier molecular flexibility index (Phi) is 8.60. The van der Waals surface area contributed by atoms with Crippen molar-refractivity contribution in [2.75, 3.05) is 13.2 Å². The normalized spacial score (nSPS) is 12.1. The number of carbonyl (C=O) groups excluding carboxylic acids is 2. The first-order valence-electron chi connectivity index (χ1n) is 9.13. The summed E-state index contributed by atoms with van der Waals surface area (Å²) in [6.07, 6.45) is 5.56. The molecule has 2 aromatic carbocycles. The van der Waals surface area contributed by atoms with Crippen LogP contribution in [-0.2, 0) is 14.3 Å². The average molecular weight is 392 g/mol. The molecule has 1 N–H and O–H groups in total. The van der Waals surface area contributed by atoms with Crippen molar-refractivity contribution in [2.45, 2.75) is 13.0 Å². The van der Waals surface area contributed by atoms with Crippen LogP contribution in [-0.4, -0.2) is 36.2 Å². The van der Waals surface area contributed by atoms with Gasteiger partial charge in [-0.15, -0.1) is 0 Å². The van der Waals surface area contributed by atoms with E-state index in [0.29, 0.717) is 5.75 Å². The average Bonchev–Trinajstić information content (AvgIpc) is 2.74. The highest BCUT2D eigenvalue weighted by atomic mass is 16.5. The van der Waals surface area contributed by atoms with Gasteiger partial charge in [0.25, 0.3) is 0 Å². The third kappa shape index (κ3) is 8.41. The molecule has 0 aliphatic heterocycles. The molecule has 0 aliphatic rings. The SMILES string of the molecule is C=C(C)C(=O)OCC(O)COc1ccc(/C=C/C(=O)/C=C/c2ccccc2)cc1. The van der Waals surface area contributed by atoms with Crippen LogP contribution in [0.15, 0.2) is 78.9 Å². The molecule has 1 atom stereocenters. The molecule has 29 heavy (non-hydrogen) atoms. The number of rotatable bonds is 10. The lowest BCUT2D eigenvalue weighted by atomic mass is 10.1. The molecule has 5 nitrogen and oxygen atoms in total. The van der Waals surface area contributed by atoms with Crippen molar-refractivity contribution in [1.82, 2.24) is 0 Å². The Hall–Kier alpha value is -3.44. The fourth-order valence-electron chi connectivity index (χ4n) is 2.19. The lowest BCUT2D eigenvalue weighted by Crippen LogP contribution is -2.25. The molecule has 0 saturated heterocycles. The second-order valence-corrected chi connectivity index (χ2v) is 6.39. The predicted molar refractivity (Wildman–Crippen MR) is 113 cm³/mol. The van der Waals surface area contributed by atoms with E-state index in [1.807, 2.05) is 30.3 Å². The van der Waals surface area contributed by atoms with Crippen LogP contribution < -0.4 is 4.74 Å². The number of hydrogen-bond acceptors (Lipinski definition) is 5. The smallest absolute Gasteiger partial charge is 0.333 e. The number of hydrogen-bond donors (Lipinski definition) is 1. The highest BCUT2D eigenvalue weighted by Gasteiger charge is 2.10. The highest BCUT2D eigenvalue weighted by Crippen LogP contribution is 2.14. The number of ketones is 1. The Labute approximate surface area is 170 Å². The van der Waals surface area contributed by atoms with E-state index < -0.39 is 12.1 Å². The first kappa shape index (κ1) is 21.9. The minimum Gasteiger partial charge on any atom is -0.491 e. The molecule has 0 amide bonds. The first-order valence-corrected chi connectivity index (χ1v) is 9.13. The Morgan fingerprint density at radius 3 is 2.14 bits per heavy atom. The topological polar surface area (TPSA) is 72.8 Å². The molecule has 5 heteroatoms. The van der Waals surface area contributed by atoms with Crippen molar-refractivity contribution >= 4 is 23.9 Å². The second kappa shape index (κ2) is 11.4. The molecular weight excluding hydrogens is 368 g/mol. The molecule has 0 radical (unpaired) electrons. The van der Waals surface area contributed by atoms with Crippen molar-refractivity contribution in [3.8, 4) is 5.75 Å². The fraction of sp³-hybridized carbons (Fsp3) is 0.167. The molecule has 0 heterocycles. The minimum absolute atomic E-state index is 0.0125. The van der Waals surface area contributed by atoms with Gasteiger partial charge in [-0.05, 0) is 42.3 Å². The lowest BCUT2D eigenvalue weighted by Gasteiger charge is -2.13. The summed E-state index contributed by atoms with van der Waals surface area (Å²) < 4.78 is 10.3. The zero-order valence-electron chi connectivity index (χ0n) is 16.3. The standard InChI is InChI=1S/C24H24O5/c1-18(2)24(27)29-17-22(26)16-28-23-14-10-20(11-15-23)9-13-21(25)12-8-19-6-4-3-5-7-19/h3-15,22,26H,1,16-17H2,2H3/b12-8+,13-9+. The number of aliphatic hydroxyl groups is 1. The summed E-state index contributed by atoms with van der Waals surface area (Å²) in [6, 6.07) is 16.7. The molecule has 0 bridgehead atoms. The summed E-state index contributed by atoms with van der Waals surface area (Å²) >= 11 is 0. The number of allylic oxidation sites excluding steroid dienone is 2. The molecular formula is C24H24O5. The Balaban J connectivity index is 1.78. The summed E-state index contributed by atoms with van der Waals surface area (Å²) in [7, 11) is 0. The van der Waals surface area contributed by atoms with E-state index in [4.69, 9.17) is 9.47 Å². The molecule has 0 saturated carbocycles. The summed E-state index contributed by atoms with van der Waals surface area (Å²) in [4.78, 5) is 23.2. The molecule has 2 rings (SSSR count). The number of aliphatic hydroxyl groups excluding tert-OH is 1. The van der Waals surface area contributed by atoms with Crippen LogP contribution in [0.25, 0.3) is 12.2 Å². The van der Waals surface area contributed by atoms with E-state index in [1.54, 1.807) is 36.4 Å². The van der Waals surface area contributed by atoms with Gasteiger partial charge in [-0.1, -0.05) is 61.2 Å². The zero-order chi connectivity index (χ0) is 21.1. The summed E-state index contributed by atoms with van der Waals surface area (Å²) in [5, 5.41) is 9.79. The zero-order valence-corrected chi connectivity index (χ0v) is 16.3. The largest absolute Gasteiger partial charge is 0.491 e. The van der Waals surface area contributed by atoms with Gasteiger partial charge in [-0.3, -0.25) is 4.79 Å². The molecule has 0 fully saturated rings. The molecule has 2 aromatic rings. The number of benzene rings is 2. The van der Waals surface area contributed by atoms with E-state index in [0.717, 1.165) is 11.1 Å². The van der Waals surface area contributed by atoms with Crippen LogP contribution in [0.5, 0.6) is 5.75 Å². The predicted octanol–water partition coefficient (Wildman–Crippen LogP) is 3.84. The maximum Gasteiger partial charge on any atom is 0.333 e. The third-order valence-electron chi connectivity index (χ3n) is 3.76. The van der Waals surface area contributed by atoms with Gasteiger partial charge in [-0.25, -0.2) is 4.79 Å². The number of esters is 1. The number of carbonyl (C=O) groups is 2. The molecule has 0 aliphatic carbocycles. The van der Waals surface area contributed by atoms with E-state index >= 15 is 0 Å². The molecule has 150 valence electrons. The highest BCUT2D eigenvalue weighted by molar-refractivity contribution is 6.04. The first-order chi connectivity index (χ1) is 13.9. The quantitative estimate of drug-likeness (QED) is 0.491. The van der Waals surface area contributed by atoms with Gasteiger partial charge in [0.05, 0.1) is 0 Å². The van der Waals surface area contributed by atoms with Gasteiger partial charge < -0.3 is 14.6 Å². The van der Waals surface area contributed by atoms with Crippen molar-refractivity contribution in [3.63, 3.8) is 0 Å². The van der Waals surface area contributed by atoms with Crippen molar-refractivity contribution < 1.29 is 24.2 Å². The van der Waals surface area contributed by atoms with Crippen LogP contribution in [0.1, 0.15) is 18.1 Å². The monoisotopic (exact) mass is 392 g/mol. The third-order valence-corrected chi connectivity index (χ3v) is 3.76. The molecule has 1 unspecified atom stereocenters. The number of ether oxygens (including phenoxy) is 2. The van der Waals surface area contributed by atoms with Crippen molar-refractivity contribution in [1.29, 1.82) is 0 Å². The van der Waals surface area contributed by atoms with Gasteiger partial charge in [0.15, 0.2) is 5.78 Å². The van der Waals surface area contributed by atoms with E-state index in [2.05, 4.69) is 6.58 Å². The van der Waals surface area contributed by atoms with Gasteiger partial charge >= 0.3 is 5.97 Å². The van der Waals surface area contributed by atoms with Gasteiger partial charge in [-0.2, -0.15) is 0 Å². The maximum atomic E-state index is 11.9. The second-order valence-electron chi connectivity index (χ2n) is 6.39. The molecule has 0 aromatic heterocycles. The van der Waals surface area contributed by atoms with Crippen LogP contribution in [0.2, 0.25) is 0 Å². The van der Waals surface area contributed by atoms with E-state index in [9.17, 15) is 14.7 Å². The summed E-state index contributed by atoms with van der Waals surface area (Å²) in [5.74, 6) is -0.0994. The van der Waals surface area contributed by atoms with Crippen LogP contribution in [0.3, 0.4) is 0 Å². The Bertz CT molecular complexity index is 879. The van der Waals surface area contributed by atoms with E-state index in [-0.39, 0.29) is 24.6 Å². The van der Waals surface area contributed by atoms with Crippen LogP contribution in [0, 0.1) is 0 Å². The summed E-state index contributed by atoms with van der Waals surface area (Å²) in [5.41, 5.74) is 2.08.